The first-order valence-corrected chi connectivity index (χ1v) is 6.87. The highest BCUT2D eigenvalue weighted by Gasteiger charge is 2.15. The lowest BCUT2D eigenvalue weighted by Crippen LogP contribution is -2.29. The van der Waals surface area contributed by atoms with Gasteiger partial charge in [-0.1, -0.05) is 0 Å². The maximum absolute atomic E-state index is 11.4. The van der Waals surface area contributed by atoms with Crippen molar-refractivity contribution in [3.8, 4) is 0 Å². The SMILES string of the molecule is CC(N)CCCC(=O)NCC1CCCS1. The van der Waals surface area contributed by atoms with Crippen molar-refractivity contribution in [1.82, 2.24) is 5.32 Å². The molecule has 1 rings (SSSR count). The fourth-order valence-corrected chi connectivity index (χ4v) is 2.91. The monoisotopic (exact) mass is 230 g/mol. The molecule has 0 aromatic heterocycles. The number of rotatable bonds is 6. The Morgan fingerprint density at radius 3 is 3.07 bits per heavy atom. The van der Waals surface area contributed by atoms with Crippen LogP contribution in [0.3, 0.4) is 0 Å². The van der Waals surface area contributed by atoms with Crippen LogP contribution in [0.1, 0.15) is 39.0 Å². The van der Waals surface area contributed by atoms with E-state index in [4.69, 9.17) is 5.73 Å². The molecule has 2 atom stereocenters. The predicted octanol–water partition coefficient (Wildman–Crippen LogP) is 1.52. The fourth-order valence-electron chi connectivity index (χ4n) is 1.71. The fraction of sp³-hybridized carbons (Fsp3) is 0.909. The molecule has 1 saturated heterocycles. The molecular weight excluding hydrogens is 208 g/mol. The van der Waals surface area contributed by atoms with E-state index in [9.17, 15) is 4.79 Å². The van der Waals surface area contributed by atoms with Gasteiger partial charge in [0.15, 0.2) is 0 Å². The minimum Gasteiger partial charge on any atom is -0.355 e. The summed E-state index contributed by atoms with van der Waals surface area (Å²) in [5.74, 6) is 1.44. The molecule has 0 bridgehead atoms. The minimum atomic E-state index is 0.183. The van der Waals surface area contributed by atoms with Gasteiger partial charge in [-0.2, -0.15) is 11.8 Å². The van der Waals surface area contributed by atoms with Crippen LogP contribution in [-0.2, 0) is 4.79 Å². The molecule has 4 heteroatoms. The van der Waals surface area contributed by atoms with Gasteiger partial charge in [-0.3, -0.25) is 4.79 Å². The van der Waals surface area contributed by atoms with Crippen molar-refractivity contribution in [2.45, 2.75) is 50.3 Å². The van der Waals surface area contributed by atoms with Crippen LogP contribution < -0.4 is 11.1 Å². The van der Waals surface area contributed by atoms with Crippen LogP contribution in [0.4, 0.5) is 0 Å². The first-order valence-electron chi connectivity index (χ1n) is 5.82. The first kappa shape index (κ1) is 12.8. The van der Waals surface area contributed by atoms with E-state index < -0.39 is 0 Å². The molecule has 3 N–H and O–H groups in total. The number of carbonyl (C=O) groups excluding carboxylic acids is 1. The maximum Gasteiger partial charge on any atom is 0.220 e. The highest BCUT2D eigenvalue weighted by Crippen LogP contribution is 2.25. The largest absolute Gasteiger partial charge is 0.355 e. The quantitative estimate of drug-likeness (QED) is 0.727. The molecule has 1 fully saturated rings. The molecule has 1 aliphatic rings. The third-order valence-corrected chi connectivity index (χ3v) is 4.01. The van der Waals surface area contributed by atoms with Crippen molar-refractivity contribution in [3.05, 3.63) is 0 Å². The molecule has 0 radical (unpaired) electrons. The second-order valence-corrected chi connectivity index (χ2v) is 5.72. The summed E-state index contributed by atoms with van der Waals surface area (Å²) in [6.45, 7) is 2.83. The molecule has 1 aliphatic heterocycles. The van der Waals surface area contributed by atoms with Crippen molar-refractivity contribution in [2.75, 3.05) is 12.3 Å². The number of hydrogen-bond acceptors (Lipinski definition) is 3. The molecule has 2 unspecified atom stereocenters. The highest BCUT2D eigenvalue weighted by atomic mass is 32.2. The van der Waals surface area contributed by atoms with Gasteiger partial charge in [0.05, 0.1) is 0 Å². The average Bonchev–Trinajstić information content (AvgIpc) is 2.66. The summed E-state index contributed by atoms with van der Waals surface area (Å²) in [6.07, 6.45) is 5.02. The molecule has 0 saturated carbocycles. The Morgan fingerprint density at radius 2 is 2.47 bits per heavy atom. The Labute approximate surface area is 96.6 Å². The van der Waals surface area contributed by atoms with E-state index >= 15 is 0 Å². The molecule has 15 heavy (non-hydrogen) atoms. The zero-order valence-electron chi connectivity index (χ0n) is 9.50. The maximum atomic E-state index is 11.4. The van der Waals surface area contributed by atoms with Crippen LogP contribution in [0, 0.1) is 0 Å². The number of hydrogen-bond donors (Lipinski definition) is 2. The summed E-state index contributed by atoms with van der Waals surface area (Å²) in [6, 6.07) is 0.211. The lowest BCUT2D eigenvalue weighted by molar-refractivity contribution is -0.121. The van der Waals surface area contributed by atoms with Gasteiger partial charge in [0.25, 0.3) is 0 Å². The number of carbonyl (C=O) groups is 1. The van der Waals surface area contributed by atoms with Gasteiger partial charge in [0, 0.05) is 24.3 Å². The Kier molecular flexibility index (Phi) is 6.10. The van der Waals surface area contributed by atoms with Crippen molar-refractivity contribution >= 4 is 17.7 Å². The molecule has 0 spiro atoms. The normalized spacial score (nSPS) is 22.7. The molecule has 88 valence electrons. The number of nitrogens with two attached hydrogens (primary N) is 1. The summed E-state index contributed by atoms with van der Waals surface area (Å²) in [4.78, 5) is 11.4. The van der Waals surface area contributed by atoms with E-state index in [1.165, 1.54) is 18.6 Å². The Balaban J connectivity index is 1.98. The summed E-state index contributed by atoms with van der Waals surface area (Å²) in [5, 5.41) is 3.65. The summed E-state index contributed by atoms with van der Waals surface area (Å²) in [7, 11) is 0. The Hall–Kier alpha value is -0.220. The number of amides is 1. The van der Waals surface area contributed by atoms with Crippen LogP contribution >= 0.6 is 11.8 Å². The molecule has 3 nitrogen and oxygen atoms in total. The molecule has 1 amide bonds. The van der Waals surface area contributed by atoms with Gasteiger partial charge in [0.2, 0.25) is 5.91 Å². The molecule has 1 heterocycles. The van der Waals surface area contributed by atoms with E-state index in [0.29, 0.717) is 11.7 Å². The van der Waals surface area contributed by atoms with Crippen molar-refractivity contribution in [2.24, 2.45) is 5.73 Å². The van der Waals surface area contributed by atoms with E-state index in [-0.39, 0.29) is 11.9 Å². The van der Waals surface area contributed by atoms with Crippen molar-refractivity contribution in [3.63, 3.8) is 0 Å². The third-order valence-electron chi connectivity index (χ3n) is 2.61. The lowest BCUT2D eigenvalue weighted by atomic mass is 10.1. The molecule has 0 aromatic rings. The van der Waals surface area contributed by atoms with Crippen molar-refractivity contribution in [1.29, 1.82) is 0 Å². The van der Waals surface area contributed by atoms with Crippen molar-refractivity contribution < 1.29 is 4.79 Å². The molecule has 0 aliphatic carbocycles. The van der Waals surface area contributed by atoms with Gasteiger partial charge in [-0.25, -0.2) is 0 Å². The number of thioether (sulfide) groups is 1. The zero-order chi connectivity index (χ0) is 11.1. The van der Waals surface area contributed by atoms with Gasteiger partial charge in [-0.15, -0.1) is 0 Å². The van der Waals surface area contributed by atoms with Crippen LogP contribution in [0.2, 0.25) is 0 Å². The summed E-state index contributed by atoms with van der Waals surface area (Å²) < 4.78 is 0. The standard InChI is InChI=1S/C11H22N2OS/c1-9(12)4-2-6-11(14)13-8-10-5-3-7-15-10/h9-10H,2-8,12H2,1H3,(H,13,14). The Bertz CT molecular complexity index is 191. The summed E-state index contributed by atoms with van der Waals surface area (Å²) >= 11 is 1.98. The topological polar surface area (TPSA) is 55.1 Å². The average molecular weight is 230 g/mol. The van der Waals surface area contributed by atoms with E-state index in [1.807, 2.05) is 18.7 Å². The Morgan fingerprint density at radius 1 is 1.67 bits per heavy atom. The van der Waals surface area contributed by atoms with E-state index in [2.05, 4.69) is 5.32 Å². The van der Waals surface area contributed by atoms with Crippen LogP contribution in [-0.4, -0.2) is 29.5 Å². The zero-order valence-corrected chi connectivity index (χ0v) is 10.3. The van der Waals surface area contributed by atoms with E-state index in [1.54, 1.807) is 0 Å². The van der Waals surface area contributed by atoms with Gasteiger partial charge in [0.1, 0.15) is 0 Å². The van der Waals surface area contributed by atoms with Crippen LogP contribution in [0.25, 0.3) is 0 Å². The second-order valence-electron chi connectivity index (χ2n) is 4.31. The predicted molar refractivity (Wildman–Crippen MR) is 66.0 cm³/mol. The first-order chi connectivity index (χ1) is 7.18. The smallest absolute Gasteiger partial charge is 0.220 e. The van der Waals surface area contributed by atoms with Crippen LogP contribution in [0.5, 0.6) is 0 Å². The van der Waals surface area contributed by atoms with Gasteiger partial charge in [-0.05, 0) is 38.4 Å². The van der Waals surface area contributed by atoms with E-state index in [0.717, 1.165) is 19.4 Å². The third kappa shape index (κ3) is 6.05. The van der Waals surface area contributed by atoms with Crippen LogP contribution in [0.15, 0.2) is 0 Å². The minimum absolute atomic E-state index is 0.183. The highest BCUT2D eigenvalue weighted by molar-refractivity contribution is 8.00. The van der Waals surface area contributed by atoms with Gasteiger partial charge < -0.3 is 11.1 Å². The number of nitrogens with one attached hydrogen (secondary N) is 1. The summed E-state index contributed by atoms with van der Waals surface area (Å²) in [5.41, 5.74) is 5.62. The second kappa shape index (κ2) is 7.12. The molecular formula is C11H22N2OS. The lowest BCUT2D eigenvalue weighted by Gasteiger charge is -2.10. The van der Waals surface area contributed by atoms with Gasteiger partial charge >= 0.3 is 0 Å². The molecule has 0 aromatic carbocycles.